The molecule has 41 heavy (non-hydrogen) atoms. The number of pyridine rings is 1. The number of aromatic nitrogens is 4. The summed E-state index contributed by atoms with van der Waals surface area (Å²) in [4.78, 5) is 31.2. The van der Waals surface area contributed by atoms with E-state index in [2.05, 4.69) is 45.9 Å². The molecule has 0 amide bonds. The summed E-state index contributed by atoms with van der Waals surface area (Å²) < 4.78 is 1.96. The number of aliphatic hydroxyl groups excluding tert-OH is 1. The van der Waals surface area contributed by atoms with E-state index in [0.717, 1.165) is 37.3 Å². The number of aryl methyl sites for hydroxylation is 1. The first-order chi connectivity index (χ1) is 19.9. The number of hydrogen-bond acceptors (Lipinski definition) is 10. The second-order valence-electron chi connectivity index (χ2n) is 10.5. The maximum Gasteiger partial charge on any atom is 0.229 e. The second kappa shape index (κ2) is 10.9. The highest BCUT2D eigenvalue weighted by molar-refractivity contribution is 6.06. The average molecular weight is 554 g/mol. The molecule has 0 bridgehead atoms. The average Bonchev–Trinajstić information content (AvgIpc) is 3.48. The molecule has 2 aliphatic rings. The Morgan fingerprint density at radius 1 is 1.12 bits per heavy atom. The second-order valence-corrected chi connectivity index (χ2v) is 10.5. The molecule has 0 saturated carbocycles. The van der Waals surface area contributed by atoms with Crippen LogP contribution < -0.4 is 15.2 Å². The van der Waals surface area contributed by atoms with Crippen LogP contribution in [0.4, 0.5) is 29.0 Å². The Labute approximate surface area is 239 Å². The van der Waals surface area contributed by atoms with Gasteiger partial charge in [-0.3, -0.25) is 4.79 Å². The minimum Gasteiger partial charge on any atom is -0.372 e. The number of rotatable bonds is 8. The molecule has 1 unspecified atom stereocenters. The molecule has 1 fully saturated rings. The number of likely N-dealkylation sites (N-methyl/N-ethyl adjacent to an activating group) is 1. The van der Waals surface area contributed by atoms with Gasteiger partial charge in [0.15, 0.2) is 23.6 Å². The first-order valence-corrected chi connectivity index (χ1v) is 13.9. The number of carbonyl (C=O) groups is 1. The smallest absolute Gasteiger partial charge is 0.229 e. The van der Waals surface area contributed by atoms with Gasteiger partial charge in [0.05, 0.1) is 5.56 Å². The number of ketones is 1. The molecule has 212 valence electrons. The Morgan fingerprint density at radius 3 is 2.56 bits per heavy atom. The standard InChI is InChI=1S/C30H35N9O2/c1-5-13-38-29(41)24-18-31-30(32-21-7-9-22(10-8-21)37-16-14-35(4)15-17-37)34-28(24)39(38)26-12-11-23-25(20(3)40)19-36(6-2)27(23)33-26/h5,7-12,18-19,29,41H,1,6,13-17H2,2-4H3,(H,31,32,34). The molecular weight excluding hydrogens is 518 g/mol. The van der Waals surface area contributed by atoms with Gasteiger partial charge in [0.25, 0.3) is 0 Å². The fourth-order valence-electron chi connectivity index (χ4n) is 5.48. The number of nitrogens with zero attached hydrogens (tertiary/aromatic N) is 8. The molecule has 0 spiro atoms. The normalized spacial score (nSPS) is 17.7. The number of hydrogen-bond donors (Lipinski definition) is 2. The Hall–Kier alpha value is -4.32. The maximum absolute atomic E-state index is 12.2. The zero-order valence-corrected chi connectivity index (χ0v) is 23.7. The van der Waals surface area contributed by atoms with Gasteiger partial charge in [0.1, 0.15) is 5.65 Å². The van der Waals surface area contributed by atoms with Crippen molar-refractivity contribution in [1.29, 1.82) is 0 Å². The highest BCUT2D eigenvalue weighted by Gasteiger charge is 2.38. The third kappa shape index (κ3) is 4.92. The number of anilines is 5. The van der Waals surface area contributed by atoms with Crippen molar-refractivity contribution in [3.8, 4) is 0 Å². The zero-order valence-electron chi connectivity index (χ0n) is 23.7. The Bertz CT molecular complexity index is 1590. The fourth-order valence-corrected chi connectivity index (χ4v) is 5.48. The summed E-state index contributed by atoms with van der Waals surface area (Å²) in [5.41, 5.74) is 3.97. The first-order valence-electron chi connectivity index (χ1n) is 13.9. The van der Waals surface area contributed by atoms with Crippen LogP contribution in [0.25, 0.3) is 11.0 Å². The molecule has 5 heterocycles. The number of carbonyl (C=O) groups excluding carboxylic acids is 1. The molecule has 2 aliphatic heterocycles. The molecule has 6 rings (SSSR count). The molecule has 0 aliphatic carbocycles. The van der Waals surface area contributed by atoms with E-state index in [1.807, 2.05) is 42.0 Å². The van der Waals surface area contributed by atoms with Crippen molar-refractivity contribution in [3.63, 3.8) is 0 Å². The van der Waals surface area contributed by atoms with Crippen molar-refractivity contribution in [2.45, 2.75) is 26.6 Å². The van der Waals surface area contributed by atoms with E-state index >= 15 is 0 Å². The van der Waals surface area contributed by atoms with Gasteiger partial charge in [0, 0.05) is 74.0 Å². The van der Waals surface area contributed by atoms with E-state index in [9.17, 15) is 9.90 Å². The Kier molecular flexibility index (Phi) is 7.16. The van der Waals surface area contributed by atoms with Crippen LogP contribution in [0, 0.1) is 0 Å². The molecule has 11 heteroatoms. The number of aliphatic hydroxyl groups is 1. The van der Waals surface area contributed by atoms with Gasteiger partial charge in [-0.1, -0.05) is 6.08 Å². The van der Waals surface area contributed by atoms with Gasteiger partial charge < -0.3 is 24.8 Å². The number of nitrogens with one attached hydrogen (secondary N) is 1. The lowest BCUT2D eigenvalue weighted by Crippen LogP contribution is -2.44. The summed E-state index contributed by atoms with van der Waals surface area (Å²) in [6, 6.07) is 12.0. The molecule has 0 radical (unpaired) electrons. The predicted octanol–water partition coefficient (Wildman–Crippen LogP) is 4.09. The quantitative estimate of drug-likeness (QED) is 0.245. The summed E-state index contributed by atoms with van der Waals surface area (Å²) in [7, 11) is 2.15. The lowest BCUT2D eigenvalue weighted by Gasteiger charge is -2.34. The maximum atomic E-state index is 12.2. The van der Waals surface area contributed by atoms with Gasteiger partial charge in [-0.2, -0.15) is 9.99 Å². The number of hydrazine groups is 1. The number of benzene rings is 1. The van der Waals surface area contributed by atoms with Crippen LogP contribution in [0.15, 0.2) is 61.4 Å². The van der Waals surface area contributed by atoms with E-state index in [-0.39, 0.29) is 5.78 Å². The van der Waals surface area contributed by atoms with Crippen LogP contribution in [0.3, 0.4) is 0 Å². The molecule has 1 aromatic carbocycles. The third-order valence-electron chi connectivity index (χ3n) is 7.77. The summed E-state index contributed by atoms with van der Waals surface area (Å²) in [5, 5.41) is 18.8. The number of Topliss-reactive ketones (excluding diaryl/α,β-unsaturated/α-hetero) is 1. The van der Waals surface area contributed by atoms with Crippen LogP contribution >= 0.6 is 0 Å². The van der Waals surface area contributed by atoms with Crippen molar-refractivity contribution < 1.29 is 9.90 Å². The third-order valence-corrected chi connectivity index (χ3v) is 7.77. The van der Waals surface area contributed by atoms with Crippen LogP contribution in [0.2, 0.25) is 0 Å². The minimum atomic E-state index is -0.969. The Morgan fingerprint density at radius 2 is 1.88 bits per heavy atom. The van der Waals surface area contributed by atoms with E-state index in [0.29, 0.717) is 47.4 Å². The van der Waals surface area contributed by atoms with Crippen molar-refractivity contribution in [2.75, 3.05) is 55.0 Å². The van der Waals surface area contributed by atoms with Crippen molar-refractivity contribution >= 4 is 45.8 Å². The van der Waals surface area contributed by atoms with Crippen LogP contribution in [-0.4, -0.2) is 80.1 Å². The minimum absolute atomic E-state index is 0.00741. The van der Waals surface area contributed by atoms with E-state index in [1.54, 1.807) is 29.2 Å². The van der Waals surface area contributed by atoms with E-state index < -0.39 is 6.23 Å². The molecule has 1 saturated heterocycles. The molecular formula is C30H35N9O2. The highest BCUT2D eigenvalue weighted by Crippen LogP contribution is 2.42. The van der Waals surface area contributed by atoms with Crippen molar-refractivity contribution in [3.05, 3.63) is 72.6 Å². The summed E-state index contributed by atoms with van der Waals surface area (Å²) in [6.07, 6.45) is 4.24. The highest BCUT2D eigenvalue weighted by atomic mass is 16.3. The molecule has 2 N–H and O–H groups in total. The molecule has 4 aromatic rings. The monoisotopic (exact) mass is 553 g/mol. The van der Waals surface area contributed by atoms with Crippen molar-refractivity contribution in [2.24, 2.45) is 0 Å². The van der Waals surface area contributed by atoms with E-state index in [4.69, 9.17) is 9.97 Å². The topological polar surface area (TPSA) is 106 Å². The SMILES string of the molecule is C=CCN1C(O)c2cnc(Nc3ccc(N4CCN(C)CC4)cc3)nc2N1c1ccc2c(C(C)=O)cn(CC)c2n1. The summed E-state index contributed by atoms with van der Waals surface area (Å²) >= 11 is 0. The largest absolute Gasteiger partial charge is 0.372 e. The van der Waals surface area contributed by atoms with Crippen LogP contribution in [0.5, 0.6) is 0 Å². The van der Waals surface area contributed by atoms with Gasteiger partial charge >= 0.3 is 0 Å². The van der Waals surface area contributed by atoms with Gasteiger partial charge in [-0.05, 0) is 57.3 Å². The van der Waals surface area contributed by atoms with Crippen LogP contribution in [-0.2, 0) is 6.54 Å². The van der Waals surface area contributed by atoms with Crippen molar-refractivity contribution in [1.82, 2.24) is 29.4 Å². The van der Waals surface area contributed by atoms with Crippen LogP contribution in [0.1, 0.15) is 36.0 Å². The van der Waals surface area contributed by atoms with E-state index in [1.165, 1.54) is 5.69 Å². The number of fused-ring (bicyclic) bond motifs is 2. The summed E-state index contributed by atoms with van der Waals surface area (Å²) in [6.45, 7) is 12.6. The number of piperazine rings is 1. The molecule has 11 nitrogen and oxygen atoms in total. The lowest BCUT2D eigenvalue weighted by atomic mass is 10.1. The predicted molar refractivity (Wildman–Crippen MR) is 161 cm³/mol. The Balaban J connectivity index is 1.32. The molecule has 3 aromatic heterocycles. The fraction of sp³-hybridized carbons (Fsp3) is 0.333. The summed E-state index contributed by atoms with van der Waals surface area (Å²) in [5.74, 6) is 1.50. The first kappa shape index (κ1) is 26.9. The van der Waals surface area contributed by atoms with Gasteiger partial charge in [-0.25, -0.2) is 15.0 Å². The van der Waals surface area contributed by atoms with Gasteiger partial charge in [-0.15, -0.1) is 6.58 Å². The molecule has 1 atom stereocenters. The van der Waals surface area contributed by atoms with Gasteiger partial charge in [0.2, 0.25) is 5.95 Å². The lowest BCUT2D eigenvalue weighted by molar-refractivity contribution is 0.0247. The zero-order chi connectivity index (χ0) is 28.7.